The molecular formula is C26H27N3O2. The van der Waals surface area contributed by atoms with Crippen LogP contribution in [0.15, 0.2) is 85.1 Å². The molecule has 5 rings (SSSR count). The second-order valence-corrected chi connectivity index (χ2v) is 8.66. The Bertz CT molecular complexity index is 975. The summed E-state index contributed by atoms with van der Waals surface area (Å²) in [5.74, 6) is 1.36. The third kappa shape index (κ3) is 3.87. The molecule has 5 heteroatoms. The lowest BCUT2D eigenvalue weighted by molar-refractivity contribution is -0.136. The number of carbonyl (C=O) groups excluding carboxylic acids is 1. The maximum atomic E-state index is 13.2. The van der Waals surface area contributed by atoms with E-state index in [0.717, 1.165) is 25.3 Å². The number of aliphatic hydroxyl groups is 1. The SMILES string of the molecule is O=C(NCC1C2CN(Cc3ccccn3)CC12)C(O)(c1ccccc1)c1ccccc1. The minimum Gasteiger partial charge on any atom is -0.372 e. The first-order valence-electron chi connectivity index (χ1n) is 10.9. The molecule has 1 saturated carbocycles. The molecule has 31 heavy (non-hydrogen) atoms. The van der Waals surface area contributed by atoms with Crippen LogP contribution in [0.25, 0.3) is 0 Å². The van der Waals surface area contributed by atoms with E-state index in [1.165, 1.54) is 0 Å². The maximum Gasteiger partial charge on any atom is 0.261 e. The monoisotopic (exact) mass is 413 g/mol. The smallest absolute Gasteiger partial charge is 0.261 e. The summed E-state index contributed by atoms with van der Waals surface area (Å²) in [6.45, 7) is 3.58. The number of nitrogens with one attached hydrogen (secondary N) is 1. The van der Waals surface area contributed by atoms with Crippen LogP contribution in [-0.2, 0) is 16.9 Å². The Morgan fingerprint density at radius 1 is 0.935 bits per heavy atom. The highest BCUT2D eigenvalue weighted by molar-refractivity contribution is 5.90. The molecule has 1 aliphatic heterocycles. The normalized spacial score (nSPS) is 22.7. The van der Waals surface area contributed by atoms with Gasteiger partial charge < -0.3 is 10.4 Å². The first-order chi connectivity index (χ1) is 15.2. The molecule has 2 N–H and O–H groups in total. The summed E-state index contributed by atoms with van der Waals surface area (Å²) < 4.78 is 0. The van der Waals surface area contributed by atoms with E-state index in [1.807, 2.05) is 54.7 Å². The first kappa shape index (κ1) is 19.9. The second kappa shape index (κ2) is 8.25. The van der Waals surface area contributed by atoms with Gasteiger partial charge in [0.1, 0.15) is 0 Å². The molecule has 0 radical (unpaired) electrons. The number of hydrogen-bond donors (Lipinski definition) is 2. The fourth-order valence-electron chi connectivity index (χ4n) is 5.02. The minimum atomic E-state index is -1.70. The summed E-state index contributed by atoms with van der Waals surface area (Å²) >= 11 is 0. The Morgan fingerprint density at radius 3 is 2.06 bits per heavy atom. The van der Waals surface area contributed by atoms with Crippen molar-refractivity contribution in [2.45, 2.75) is 12.1 Å². The van der Waals surface area contributed by atoms with Crippen molar-refractivity contribution in [3.8, 4) is 0 Å². The molecule has 1 saturated heterocycles. The number of hydrogen-bond acceptors (Lipinski definition) is 4. The van der Waals surface area contributed by atoms with Gasteiger partial charge in [-0.3, -0.25) is 14.7 Å². The van der Waals surface area contributed by atoms with Gasteiger partial charge in [0.05, 0.1) is 5.69 Å². The van der Waals surface area contributed by atoms with Crippen LogP contribution >= 0.6 is 0 Å². The number of pyridine rings is 1. The van der Waals surface area contributed by atoms with Crippen molar-refractivity contribution in [2.24, 2.45) is 17.8 Å². The molecule has 3 aromatic rings. The zero-order valence-electron chi connectivity index (χ0n) is 17.4. The first-order valence-corrected chi connectivity index (χ1v) is 10.9. The lowest BCUT2D eigenvalue weighted by Crippen LogP contribution is -2.46. The highest BCUT2D eigenvalue weighted by Crippen LogP contribution is 2.51. The number of amides is 1. The minimum absolute atomic E-state index is 0.361. The molecule has 1 aromatic heterocycles. The number of fused-ring (bicyclic) bond motifs is 1. The van der Waals surface area contributed by atoms with Crippen molar-refractivity contribution >= 4 is 5.91 Å². The maximum absolute atomic E-state index is 13.2. The average molecular weight is 414 g/mol. The molecule has 2 fully saturated rings. The quantitative estimate of drug-likeness (QED) is 0.625. The number of benzene rings is 2. The highest BCUT2D eigenvalue weighted by atomic mass is 16.3. The van der Waals surface area contributed by atoms with Crippen molar-refractivity contribution < 1.29 is 9.90 Å². The largest absolute Gasteiger partial charge is 0.372 e. The molecule has 2 heterocycles. The van der Waals surface area contributed by atoms with E-state index < -0.39 is 5.60 Å². The van der Waals surface area contributed by atoms with E-state index in [0.29, 0.717) is 35.4 Å². The molecular weight excluding hydrogens is 386 g/mol. The van der Waals surface area contributed by atoms with Crippen molar-refractivity contribution in [1.82, 2.24) is 15.2 Å². The molecule has 0 spiro atoms. The van der Waals surface area contributed by atoms with Gasteiger partial charge in [-0.2, -0.15) is 0 Å². The fraction of sp³-hybridized carbons (Fsp3) is 0.308. The predicted octanol–water partition coefficient (Wildman–Crippen LogP) is 2.81. The Hall–Kier alpha value is -3.02. The van der Waals surface area contributed by atoms with Gasteiger partial charge in [0, 0.05) is 32.4 Å². The van der Waals surface area contributed by atoms with Gasteiger partial charge in [-0.15, -0.1) is 0 Å². The molecule has 1 amide bonds. The van der Waals surface area contributed by atoms with E-state index in [9.17, 15) is 9.90 Å². The van der Waals surface area contributed by atoms with Crippen LogP contribution in [0, 0.1) is 17.8 Å². The Morgan fingerprint density at radius 2 is 1.52 bits per heavy atom. The molecule has 2 aliphatic rings. The number of nitrogens with zero attached hydrogens (tertiary/aromatic N) is 2. The lowest BCUT2D eigenvalue weighted by atomic mass is 9.85. The van der Waals surface area contributed by atoms with Crippen LogP contribution in [0.2, 0.25) is 0 Å². The van der Waals surface area contributed by atoms with Crippen LogP contribution in [0.4, 0.5) is 0 Å². The van der Waals surface area contributed by atoms with Gasteiger partial charge in [-0.05, 0) is 41.0 Å². The Kier molecular flexibility index (Phi) is 5.30. The van der Waals surface area contributed by atoms with Gasteiger partial charge in [-0.1, -0.05) is 66.7 Å². The zero-order valence-corrected chi connectivity index (χ0v) is 17.4. The van der Waals surface area contributed by atoms with E-state index in [2.05, 4.69) is 21.3 Å². The summed E-state index contributed by atoms with van der Waals surface area (Å²) in [6.07, 6.45) is 1.84. The summed E-state index contributed by atoms with van der Waals surface area (Å²) in [6, 6.07) is 24.4. The van der Waals surface area contributed by atoms with Gasteiger partial charge in [0.25, 0.3) is 5.91 Å². The van der Waals surface area contributed by atoms with Gasteiger partial charge >= 0.3 is 0 Å². The van der Waals surface area contributed by atoms with Crippen LogP contribution in [0.5, 0.6) is 0 Å². The molecule has 2 aromatic carbocycles. The molecule has 2 unspecified atom stereocenters. The third-order valence-electron chi connectivity index (χ3n) is 6.77. The van der Waals surface area contributed by atoms with Gasteiger partial charge in [0.15, 0.2) is 5.60 Å². The van der Waals surface area contributed by atoms with Crippen molar-refractivity contribution in [3.63, 3.8) is 0 Å². The molecule has 0 bridgehead atoms. The number of rotatable bonds is 7. The van der Waals surface area contributed by atoms with E-state index in [-0.39, 0.29) is 5.91 Å². The zero-order chi connectivity index (χ0) is 21.3. The molecule has 158 valence electrons. The van der Waals surface area contributed by atoms with Crippen molar-refractivity contribution in [3.05, 3.63) is 102 Å². The van der Waals surface area contributed by atoms with Crippen LogP contribution in [0.1, 0.15) is 16.8 Å². The van der Waals surface area contributed by atoms with Crippen LogP contribution < -0.4 is 5.32 Å². The fourth-order valence-corrected chi connectivity index (χ4v) is 5.02. The molecule has 5 nitrogen and oxygen atoms in total. The van der Waals surface area contributed by atoms with E-state index in [1.54, 1.807) is 24.3 Å². The summed E-state index contributed by atoms with van der Waals surface area (Å²) in [5.41, 5.74) is 0.564. The highest BCUT2D eigenvalue weighted by Gasteiger charge is 2.55. The number of carbonyl (C=O) groups is 1. The van der Waals surface area contributed by atoms with Crippen molar-refractivity contribution in [1.29, 1.82) is 0 Å². The summed E-state index contributed by atoms with van der Waals surface area (Å²) in [5, 5.41) is 14.6. The lowest BCUT2D eigenvalue weighted by Gasteiger charge is -2.28. The third-order valence-corrected chi connectivity index (χ3v) is 6.77. The van der Waals surface area contributed by atoms with Crippen molar-refractivity contribution in [2.75, 3.05) is 19.6 Å². The van der Waals surface area contributed by atoms with E-state index >= 15 is 0 Å². The number of aromatic nitrogens is 1. The standard InChI is InChI=1S/C26H27N3O2/c30-25(26(31,19-9-3-1-4-10-19)20-11-5-2-6-12-20)28-15-22-23-17-29(18-24(22)23)16-21-13-7-8-14-27-21/h1-14,22-24,31H,15-18H2,(H,28,30). The second-order valence-electron chi connectivity index (χ2n) is 8.66. The number of likely N-dealkylation sites (tertiary alicyclic amines) is 1. The molecule has 2 atom stereocenters. The summed E-state index contributed by atoms with van der Waals surface area (Å²) in [7, 11) is 0. The average Bonchev–Trinajstić information content (AvgIpc) is 3.29. The number of piperidine rings is 1. The Balaban J connectivity index is 1.21. The van der Waals surface area contributed by atoms with E-state index in [4.69, 9.17) is 0 Å². The van der Waals surface area contributed by atoms with Gasteiger partial charge in [-0.25, -0.2) is 0 Å². The summed E-state index contributed by atoms with van der Waals surface area (Å²) in [4.78, 5) is 20.1. The Labute approximate surface area is 182 Å². The topological polar surface area (TPSA) is 65.5 Å². The van der Waals surface area contributed by atoms with Crippen LogP contribution in [-0.4, -0.2) is 40.5 Å². The van der Waals surface area contributed by atoms with Crippen LogP contribution in [0.3, 0.4) is 0 Å². The van der Waals surface area contributed by atoms with Gasteiger partial charge in [0.2, 0.25) is 0 Å². The molecule has 1 aliphatic carbocycles. The predicted molar refractivity (Wildman–Crippen MR) is 119 cm³/mol.